The first-order chi connectivity index (χ1) is 10.9. The number of nitrogens with one attached hydrogen (secondary N) is 1. The highest BCUT2D eigenvalue weighted by Crippen LogP contribution is 2.16. The van der Waals surface area contributed by atoms with Crippen LogP contribution in [-0.2, 0) is 4.79 Å². The van der Waals surface area contributed by atoms with Crippen molar-refractivity contribution in [2.75, 3.05) is 13.1 Å². The van der Waals surface area contributed by atoms with Gasteiger partial charge in [-0.2, -0.15) is 0 Å². The quantitative estimate of drug-likeness (QED) is 0.742. The number of carbonyl (C=O) groups excluding carboxylic acids is 2. The molecule has 0 radical (unpaired) electrons. The summed E-state index contributed by atoms with van der Waals surface area (Å²) in [6, 6.07) is 6.11. The number of rotatable bonds is 8. The fourth-order valence-electron chi connectivity index (χ4n) is 2.14. The van der Waals surface area contributed by atoms with E-state index in [0.29, 0.717) is 23.7 Å². The molecule has 0 saturated heterocycles. The zero-order valence-corrected chi connectivity index (χ0v) is 14.3. The zero-order chi connectivity index (χ0) is 17.4. The van der Waals surface area contributed by atoms with Gasteiger partial charge in [0.25, 0.3) is 5.91 Å². The van der Waals surface area contributed by atoms with Crippen molar-refractivity contribution in [2.45, 2.75) is 19.9 Å². The molecule has 0 aromatic heterocycles. The summed E-state index contributed by atoms with van der Waals surface area (Å²) in [7, 11) is 0. The SMILES string of the molecule is C=CCN(CC=C)C(=O)C(NC(=O)c1ccccc1Cl)C(C)C. The Kier molecular flexibility index (Phi) is 7.55. The van der Waals surface area contributed by atoms with Crippen LogP contribution in [0.4, 0.5) is 0 Å². The minimum Gasteiger partial charge on any atom is -0.340 e. The minimum atomic E-state index is -0.640. The van der Waals surface area contributed by atoms with Crippen LogP contribution in [0.25, 0.3) is 0 Å². The van der Waals surface area contributed by atoms with Crippen LogP contribution in [0.3, 0.4) is 0 Å². The fraction of sp³-hybridized carbons (Fsp3) is 0.333. The van der Waals surface area contributed by atoms with Gasteiger partial charge in [-0.05, 0) is 18.1 Å². The average Bonchev–Trinajstić information content (AvgIpc) is 2.51. The van der Waals surface area contributed by atoms with Gasteiger partial charge in [-0.1, -0.05) is 49.7 Å². The van der Waals surface area contributed by atoms with Crippen LogP contribution in [0.2, 0.25) is 5.02 Å². The van der Waals surface area contributed by atoms with Gasteiger partial charge < -0.3 is 10.2 Å². The fourth-order valence-corrected chi connectivity index (χ4v) is 2.36. The van der Waals surface area contributed by atoms with Gasteiger partial charge >= 0.3 is 0 Å². The lowest BCUT2D eigenvalue weighted by molar-refractivity contribution is -0.133. The van der Waals surface area contributed by atoms with E-state index in [9.17, 15) is 9.59 Å². The molecular weight excluding hydrogens is 312 g/mol. The van der Waals surface area contributed by atoms with Gasteiger partial charge in [-0.3, -0.25) is 9.59 Å². The van der Waals surface area contributed by atoms with E-state index in [2.05, 4.69) is 18.5 Å². The molecule has 1 aromatic carbocycles. The number of hydrogen-bond acceptors (Lipinski definition) is 2. The molecule has 2 amide bonds. The van der Waals surface area contributed by atoms with E-state index in [1.165, 1.54) is 0 Å². The van der Waals surface area contributed by atoms with Crippen molar-refractivity contribution < 1.29 is 9.59 Å². The van der Waals surface area contributed by atoms with Gasteiger partial charge in [0.15, 0.2) is 0 Å². The first-order valence-electron chi connectivity index (χ1n) is 7.48. The summed E-state index contributed by atoms with van der Waals surface area (Å²) in [5, 5.41) is 3.14. The Morgan fingerprint density at radius 3 is 2.26 bits per heavy atom. The number of hydrogen-bond donors (Lipinski definition) is 1. The summed E-state index contributed by atoms with van der Waals surface area (Å²) in [5.41, 5.74) is 0.353. The maximum atomic E-state index is 12.7. The summed E-state index contributed by atoms with van der Waals surface area (Å²) in [6.07, 6.45) is 3.29. The molecular formula is C18H23ClN2O2. The Bertz CT molecular complexity index is 574. The molecule has 0 spiro atoms. The molecule has 0 aliphatic carbocycles. The molecule has 1 unspecified atom stereocenters. The molecule has 0 saturated carbocycles. The van der Waals surface area contributed by atoms with E-state index in [-0.39, 0.29) is 17.7 Å². The van der Waals surface area contributed by atoms with E-state index in [1.54, 1.807) is 41.3 Å². The highest BCUT2D eigenvalue weighted by atomic mass is 35.5. The normalized spacial score (nSPS) is 11.7. The van der Waals surface area contributed by atoms with Crippen LogP contribution in [0.1, 0.15) is 24.2 Å². The van der Waals surface area contributed by atoms with E-state index in [4.69, 9.17) is 11.6 Å². The smallest absolute Gasteiger partial charge is 0.253 e. The molecule has 0 heterocycles. The van der Waals surface area contributed by atoms with Crippen LogP contribution < -0.4 is 5.32 Å². The predicted octanol–water partition coefficient (Wildman–Crippen LogP) is 3.30. The summed E-state index contributed by atoms with van der Waals surface area (Å²) < 4.78 is 0. The third-order valence-electron chi connectivity index (χ3n) is 3.35. The van der Waals surface area contributed by atoms with Crippen molar-refractivity contribution in [1.29, 1.82) is 0 Å². The van der Waals surface area contributed by atoms with Crippen molar-refractivity contribution in [2.24, 2.45) is 5.92 Å². The second kappa shape index (κ2) is 9.16. The van der Waals surface area contributed by atoms with Gasteiger partial charge in [0.2, 0.25) is 5.91 Å². The maximum Gasteiger partial charge on any atom is 0.253 e. The number of halogens is 1. The molecule has 1 atom stereocenters. The van der Waals surface area contributed by atoms with Crippen LogP contribution >= 0.6 is 11.6 Å². The first kappa shape index (κ1) is 19.0. The molecule has 0 aliphatic rings. The summed E-state index contributed by atoms with van der Waals surface area (Å²) in [5.74, 6) is -0.592. The van der Waals surface area contributed by atoms with Crippen molar-refractivity contribution >= 4 is 23.4 Å². The topological polar surface area (TPSA) is 49.4 Å². The third-order valence-corrected chi connectivity index (χ3v) is 3.68. The number of amides is 2. The molecule has 1 rings (SSSR count). The van der Waals surface area contributed by atoms with E-state index >= 15 is 0 Å². The Morgan fingerprint density at radius 1 is 1.22 bits per heavy atom. The van der Waals surface area contributed by atoms with Crippen LogP contribution in [0.15, 0.2) is 49.6 Å². The molecule has 4 nitrogen and oxygen atoms in total. The Morgan fingerprint density at radius 2 is 1.78 bits per heavy atom. The summed E-state index contributed by atoms with van der Waals surface area (Å²) in [6.45, 7) is 11.9. The van der Waals surface area contributed by atoms with Gasteiger partial charge in [0, 0.05) is 13.1 Å². The minimum absolute atomic E-state index is 0.0638. The molecule has 1 N–H and O–H groups in total. The molecule has 0 bridgehead atoms. The van der Waals surface area contributed by atoms with Crippen LogP contribution in [-0.4, -0.2) is 35.8 Å². The van der Waals surface area contributed by atoms with Crippen molar-refractivity contribution in [3.63, 3.8) is 0 Å². The van der Waals surface area contributed by atoms with Crippen LogP contribution in [0.5, 0.6) is 0 Å². The lowest BCUT2D eigenvalue weighted by Gasteiger charge is -2.28. The van der Waals surface area contributed by atoms with E-state index in [1.807, 2.05) is 13.8 Å². The maximum absolute atomic E-state index is 12.7. The largest absolute Gasteiger partial charge is 0.340 e. The van der Waals surface area contributed by atoms with Gasteiger partial charge in [0.05, 0.1) is 10.6 Å². The Labute approximate surface area is 142 Å². The molecule has 0 fully saturated rings. The van der Waals surface area contributed by atoms with Crippen molar-refractivity contribution in [1.82, 2.24) is 10.2 Å². The Balaban J connectivity index is 2.96. The third kappa shape index (κ3) is 5.25. The first-order valence-corrected chi connectivity index (χ1v) is 7.86. The lowest BCUT2D eigenvalue weighted by atomic mass is 10.0. The van der Waals surface area contributed by atoms with E-state index < -0.39 is 6.04 Å². The Hall–Kier alpha value is -2.07. The monoisotopic (exact) mass is 334 g/mol. The van der Waals surface area contributed by atoms with Crippen LogP contribution in [0, 0.1) is 5.92 Å². The second-order valence-electron chi connectivity index (χ2n) is 5.50. The lowest BCUT2D eigenvalue weighted by Crippen LogP contribution is -2.51. The molecule has 124 valence electrons. The zero-order valence-electron chi connectivity index (χ0n) is 13.6. The standard InChI is InChI=1S/C18H23ClN2O2/c1-5-11-21(12-6-2)18(23)16(13(3)4)20-17(22)14-9-7-8-10-15(14)19/h5-10,13,16H,1-2,11-12H2,3-4H3,(H,20,22). The number of benzene rings is 1. The second-order valence-corrected chi connectivity index (χ2v) is 5.90. The van der Waals surface area contributed by atoms with Gasteiger partial charge in [-0.15, -0.1) is 13.2 Å². The highest BCUT2D eigenvalue weighted by molar-refractivity contribution is 6.33. The van der Waals surface area contributed by atoms with Crippen molar-refractivity contribution in [3.8, 4) is 0 Å². The van der Waals surface area contributed by atoms with Gasteiger partial charge in [0.1, 0.15) is 6.04 Å². The predicted molar refractivity (Wildman–Crippen MR) is 94.5 cm³/mol. The summed E-state index contributed by atoms with van der Waals surface area (Å²) >= 11 is 6.04. The van der Waals surface area contributed by atoms with Crippen molar-refractivity contribution in [3.05, 3.63) is 60.2 Å². The molecule has 23 heavy (non-hydrogen) atoms. The van der Waals surface area contributed by atoms with E-state index in [0.717, 1.165) is 0 Å². The summed E-state index contributed by atoms with van der Waals surface area (Å²) in [4.78, 5) is 26.7. The number of nitrogens with zero attached hydrogens (tertiary/aromatic N) is 1. The number of carbonyl (C=O) groups is 2. The molecule has 0 aliphatic heterocycles. The van der Waals surface area contributed by atoms with Gasteiger partial charge in [-0.25, -0.2) is 0 Å². The molecule has 1 aromatic rings. The highest BCUT2D eigenvalue weighted by Gasteiger charge is 2.28. The average molecular weight is 335 g/mol. The molecule has 5 heteroatoms.